The van der Waals surface area contributed by atoms with E-state index in [1.165, 1.54) is 12.1 Å². The van der Waals surface area contributed by atoms with E-state index in [0.29, 0.717) is 17.8 Å². The van der Waals surface area contributed by atoms with Gasteiger partial charge >= 0.3 is 6.03 Å². The predicted octanol–water partition coefficient (Wildman–Crippen LogP) is 4.11. The van der Waals surface area contributed by atoms with Crippen LogP contribution in [0.3, 0.4) is 0 Å². The number of amides is 2. The first-order valence-corrected chi connectivity index (χ1v) is 6.80. The van der Waals surface area contributed by atoms with E-state index in [4.69, 9.17) is 0 Å². The van der Waals surface area contributed by atoms with Crippen molar-refractivity contribution in [2.45, 2.75) is 20.4 Å². The molecule has 0 saturated heterocycles. The second-order valence-electron chi connectivity index (χ2n) is 5.17. The molecule has 0 aliphatic heterocycles. The van der Waals surface area contributed by atoms with Gasteiger partial charge in [-0.25, -0.2) is 9.18 Å². The van der Waals surface area contributed by atoms with Gasteiger partial charge in [-0.1, -0.05) is 24.3 Å². The first kappa shape index (κ1) is 15.0. The molecule has 21 heavy (non-hydrogen) atoms. The summed E-state index contributed by atoms with van der Waals surface area (Å²) in [5, 5.41) is 2.80. The van der Waals surface area contributed by atoms with Crippen molar-refractivity contribution >= 4 is 11.7 Å². The third kappa shape index (κ3) is 3.81. The summed E-state index contributed by atoms with van der Waals surface area (Å²) in [6, 6.07) is 12.0. The van der Waals surface area contributed by atoms with Gasteiger partial charge in [0.1, 0.15) is 5.82 Å². The molecule has 0 aromatic heterocycles. The average Bonchev–Trinajstić information content (AvgIpc) is 2.44. The number of nitrogens with one attached hydrogen (secondary N) is 1. The molecule has 0 heterocycles. The number of nitrogens with zero attached hydrogens (tertiary/aromatic N) is 1. The van der Waals surface area contributed by atoms with Crippen LogP contribution in [0.25, 0.3) is 0 Å². The number of aryl methyl sites for hydroxylation is 2. The molecule has 0 aliphatic carbocycles. The van der Waals surface area contributed by atoms with Crippen molar-refractivity contribution in [3.63, 3.8) is 0 Å². The molecule has 2 aromatic carbocycles. The lowest BCUT2D eigenvalue weighted by atomic mass is 10.1. The minimum atomic E-state index is -0.307. The van der Waals surface area contributed by atoms with Crippen LogP contribution in [0.1, 0.15) is 16.7 Å². The zero-order valence-corrected chi connectivity index (χ0v) is 12.5. The smallest absolute Gasteiger partial charge is 0.321 e. The van der Waals surface area contributed by atoms with Crippen LogP contribution in [-0.2, 0) is 6.54 Å². The summed E-state index contributed by atoms with van der Waals surface area (Å²) in [6.45, 7) is 4.31. The van der Waals surface area contributed by atoms with E-state index >= 15 is 0 Å². The molecule has 4 heteroatoms. The third-order valence-corrected chi connectivity index (χ3v) is 3.45. The standard InChI is InChI=1S/C17H19FN2O/c1-12-6-4-5-7-14(12)11-20(3)17(21)19-16-9-8-15(18)10-13(16)2/h4-10H,11H2,1-3H3,(H,19,21). The SMILES string of the molecule is Cc1ccccc1CN(C)C(=O)Nc1ccc(F)cc1C. The van der Waals surface area contributed by atoms with E-state index in [9.17, 15) is 9.18 Å². The van der Waals surface area contributed by atoms with E-state index in [-0.39, 0.29) is 11.8 Å². The minimum Gasteiger partial charge on any atom is -0.323 e. The van der Waals surface area contributed by atoms with Crippen molar-refractivity contribution in [2.24, 2.45) is 0 Å². The molecule has 1 N–H and O–H groups in total. The number of anilines is 1. The minimum absolute atomic E-state index is 0.215. The molecule has 0 saturated carbocycles. The molecular weight excluding hydrogens is 267 g/mol. The highest BCUT2D eigenvalue weighted by atomic mass is 19.1. The van der Waals surface area contributed by atoms with Crippen molar-refractivity contribution in [1.82, 2.24) is 4.90 Å². The van der Waals surface area contributed by atoms with Crippen LogP contribution in [0.5, 0.6) is 0 Å². The van der Waals surface area contributed by atoms with Crippen LogP contribution in [0.15, 0.2) is 42.5 Å². The molecule has 0 bridgehead atoms. The second kappa shape index (κ2) is 6.39. The van der Waals surface area contributed by atoms with Crippen LogP contribution in [0.2, 0.25) is 0 Å². The van der Waals surface area contributed by atoms with Crippen LogP contribution in [0, 0.1) is 19.7 Å². The van der Waals surface area contributed by atoms with Gasteiger partial charge < -0.3 is 10.2 Å². The van der Waals surface area contributed by atoms with Crippen molar-refractivity contribution in [1.29, 1.82) is 0 Å². The first-order chi connectivity index (χ1) is 9.97. The number of hydrogen-bond donors (Lipinski definition) is 1. The molecule has 110 valence electrons. The van der Waals surface area contributed by atoms with Gasteiger partial charge in [-0.15, -0.1) is 0 Å². The highest BCUT2D eigenvalue weighted by Crippen LogP contribution is 2.17. The molecule has 0 radical (unpaired) electrons. The lowest BCUT2D eigenvalue weighted by Gasteiger charge is -2.20. The molecule has 2 amide bonds. The van der Waals surface area contributed by atoms with Gasteiger partial charge in [0.15, 0.2) is 0 Å². The molecule has 2 rings (SSSR count). The monoisotopic (exact) mass is 286 g/mol. The maximum Gasteiger partial charge on any atom is 0.321 e. The summed E-state index contributed by atoms with van der Waals surface area (Å²) in [5.41, 5.74) is 3.58. The topological polar surface area (TPSA) is 32.3 Å². The Morgan fingerprint density at radius 2 is 1.86 bits per heavy atom. The van der Waals surface area contributed by atoms with Crippen LogP contribution in [0.4, 0.5) is 14.9 Å². The van der Waals surface area contributed by atoms with Crippen molar-refractivity contribution < 1.29 is 9.18 Å². The maximum absolute atomic E-state index is 13.1. The summed E-state index contributed by atoms with van der Waals surface area (Å²) >= 11 is 0. The highest BCUT2D eigenvalue weighted by molar-refractivity contribution is 5.89. The van der Waals surface area contributed by atoms with E-state index in [2.05, 4.69) is 5.32 Å². The Balaban J connectivity index is 2.04. The number of carbonyl (C=O) groups excluding carboxylic acids is 1. The van der Waals surface area contributed by atoms with E-state index < -0.39 is 0 Å². The van der Waals surface area contributed by atoms with Crippen molar-refractivity contribution in [3.8, 4) is 0 Å². The summed E-state index contributed by atoms with van der Waals surface area (Å²) in [5.74, 6) is -0.307. The molecule has 0 spiro atoms. The molecule has 3 nitrogen and oxygen atoms in total. The van der Waals surface area contributed by atoms with Gasteiger partial charge in [0.2, 0.25) is 0 Å². The quantitative estimate of drug-likeness (QED) is 0.905. The van der Waals surface area contributed by atoms with Crippen LogP contribution in [-0.4, -0.2) is 18.0 Å². The van der Waals surface area contributed by atoms with Gasteiger partial charge in [-0.2, -0.15) is 0 Å². The summed E-state index contributed by atoms with van der Waals surface area (Å²) in [6.07, 6.45) is 0. The molecule has 0 unspecified atom stereocenters. The number of urea groups is 1. The Kier molecular flexibility index (Phi) is 4.58. The van der Waals surface area contributed by atoms with E-state index in [0.717, 1.165) is 11.1 Å². The largest absolute Gasteiger partial charge is 0.323 e. The lowest BCUT2D eigenvalue weighted by molar-refractivity contribution is 0.220. The second-order valence-corrected chi connectivity index (χ2v) is 5.17. The number of benzene rings is 2. The third-order valence-electron chi connectivity index (χ3n) is 3.45. The Labute approximate surface area is 124 Å². The number of hydrogen-bond acceptors (Lipinski definition) is 1. The van der Waals surface area contributed by atoms with Gasteiger partial charge in [0, 0.05) is 19.3 Å². The van der Waals surface area contributed by atoms with Gasteiger partial charge in [-0.3, -0.25) is 0 Å². The zero-order chi connectivity index (χ0) is 15.4. The lowest BCUT2D eigenvalue weighted by Crippen LogP contribution is -2.31. The zero-order valence-electron chi connectivity index (χ0n) is 12.5. The Morgan fingerprint density at radius 3 is 2.52 bits per heavy atom. The fourth-order valence-electron chi connectivity index (χ4n) is 2.09. The molecule has 0 fully saturated rings. The maximum atomic E-state index is 13.1. The van der Waals surface area contributed by atoms with Crippen LogP contribution < -0.4 is 5.32 Å². The molecule has 0 aliphatic rings. The van der Waals surface area contributed by atoms with Gasteiger partial charge in [-0.05, 0) is 48.7 Å². The average molecular weight is 286 g/mol. The van der Waals surface area contributed by atoms with Gasteiger partial charge in [0.25, 0.3) is 0 Å². The molecule has 2 aromatic rings. The normalized spacial score (nSPS) is 10.3. The summed E-state index contributed by atoms with van der Waals surface area (Å²) in [4.78, 5) is 13.8. The fourth-order valence-corrected chi connectivity index (χ4v) is 2.09. The summed E-state index contributed by atoms with van der Waals surface area (Å²) < 4.78 is 13.1. The highest BCUT2D eigenvalue weighted by Gasteiger charge is 2.11. The Hall–Kier alpha value is -2.36. The number of carbonyl (C=O) groups is 1. The fraction of sp³-hybridized carbons (Fsp3) is 0.235. The number of halogens is 1. The summed E-state index contributed by atoms with van der Waals surface area (Å²) in [7, 11) is 1.74. The van der Waals surface area contributed by atoms with Gasteiger partial charge in [0.05, 0.1) is 0 Å². The van der Waals surface area contributed by atoms with E-state index in [1.54, 1.807) is 24.9 Å². The van der Waals surface area contributed by atoms with Crippen molar-refractivity contribution in [3.05, 3.63) is 65.0 Å². The first-order valence-electron chi connectivity index (χ1n) is 6.80. The van der Waals surface area contributed by atoms with Crippen LogP contribution >= 0.6 is 0 Å². The van der Waals surface area contributed by atoms with E-state index in [1.807, 2.05) is 31.2 Å². The Morgan fingerprint density at radius 1 is 1.14 bits per heavy atom. The Bertz CT molecular complexity index is 655. The number of rotatable bonds is 3. The van der Waals surface area contributed by atoms with Crippen molar-refractivity contribution in [2.75, 3.05) is 12.4 Å². The predicted molar refractivity (Wildman–Crippen MR) is 82.8 cm³/mol. The molecule has 0 atom stereocenters. The molecular formula is C17H19FN2O.